The summed E-state index contributed by atoms with van der Waals surface area (Å²) in [5, 5.41) is 9.86. The van der Waals surface area contributed by atoms with Crippen LogP contribution in [0, 0.1) is 11.6 Å². The van der Waals surface area contributed by atoms with Gasteiger partial charge in [-0.15, -0.1) is 0 Å². The molecule has 1 N–H and O–H groups in total. The van der Waals surface area contributed by atoms with E-state index in [0.717, 1.165) is 17.0 Å². The van der Waals surface area contributed by atoms with E-state index >= 15 is 0 Å². The summed E-state index contributed by atoms with van der Waals surface area (Å²) in [6.07, 6.45) is -1.26. The van der Waals surface area contributed by atoms with Crippen LogP contribution in [0.15, 0.2) is 18.2 Å². The van der Waals surface area contributed by atoms with Crippen LogP contribution in [0.1, 0.15) is 11.7 Å². The molecule has 7 heteroatoms. The van der Waals surface area contributed by atoms with Gasteiger partial charge in [-0.3, -0.25) is 9.69 Å². The third-order valence-corrected chi connectivity index (χ3v) is 2.91. The fraction of sp³-hybridized carbons (Fsp3) is 0.333. The maximum Gasteiger partial charge on any atom is 0.327 e. The molecule has 1 heterocycles. The molecule has 1 atom stereocenters. The molecule has 0 saturated carbocycles. The first kappa shape index (κ1) is 13.4. The zero-order chi connectivity index (χ0) is 14.2. The third kappa shape index (κ3) is 2.55. The van der Waals surface area contributed by atoms with Crippen LogP contribution in [-0.4, -0.2) is 47.0 Å². The van der Waals surface area contributed by atoms with Crippen molar-refractivity contribution in [1.82, 2.24) is 9.80 Å². The van der Waals surface area contributed by atoms with Crippen molar-refractivity contribution in [3.8, 4) is 0 Å². The Balaban J connectivity index is 2.12. The number of β-amino-alcohol motifs (C(OH)–C–C–N with tert-alkyl or cyclic N) is 1. The molecule has 19 heavy (non-hydrogen) atoms. The molecule has 1 saturated heterocycles. The van der Waals surface area contributed by atoms with Crippen molar-refractivity contribution in [2.24, 2.45) is 0 Å². The Labute approximate surface area is 108 Å². The third-order valence-electron chi connectivity index (χ3n) is 2.91. The molecule has 0 aromatic heterocycles. The summed E-state index contributed by atoms with van der Waals surface area (Å²) >= 11 is 0. The molecule has 3 amide bonds. The predicted octanol–water partition coefficient (Wildman–Crippen LogP) is 0.892. The minimum absolute atomic E-state index is 0.0522. The number of aliphatic hydroxyl groups excluding tert-OH is 1. The normalized spacial score (nSPS) is 17.3. The minimum Gasteiger partial charge on any atom is -0.387 e. The molecule has 1 aromatic rings. The van der Waals surface area contributed by atoms with Crippen molar-refractivity contribution in [3.63, 3.8) is 0 Å². The van der Waals surface area contributed by atoms with E-state index in [0.29, 0.717) is 0 Å². The zero-order valence-electron chi connectivity index (χ0n) is 10.1. The second-order valence-corrected chi connectivity index (χ2v) is 4.33. The van der Waals surface area contributed by atoms with Crippen molar-refractivity contribution in [2.75, 3.05) is 20.1 Å². The summed E-state index contributed by atoms with van der Waals surface area (Å²) < 4.78 is 25.8. The van der Waals surface area contributed by atoms with E-state index in [9.17, 15) is 23.5 Å². The smallest absolute Gasteiger partial charge is 0.327 e. The molecule has 0 bridgehead atoms. The summed E-state index contributed by atoms with van der Waals surface area (Å²) in [7, 11) is 1.46. The molecule has 1 aliphatic heterocycles. The predicted molar refractivity (Wildman–Crippen MR) is 61.1 cm³/mol. The molecule has 2 rings (SSSR count). The van der Waals surface area contributed by atoms with Gasteiger partial charge >= 0.3 is 6.03 Å². The lowest BCUT2D eigenvalue weighted by Crippen LogP contribution is -2.35. The Morgan fingerprint density at radius 2 is 2.00 bits per heavy atom. The largest absolute Gasteiger partial charge is 0.387 e. The molecular formula is C12H12F2N2O3. The Bertz CT molecular complexity index is 536. The summed E-state index contributed by atoms with van der Waals surface area (Å²) in [6, 6.07) is 2.41. The van der Waals surface area contributed by atoms with E-state index < -0.39 is 29.7 Å². The van der Waals surface area contributed by atoms with Crippen molar-refractivity contribution in [3.05, 3.63) is 35.4 Å². The molecule has 0 radical (unpaired) electrons. The van der Waals surface area contributed by atoms with E-state index in [1.807, 2.05) is 0 Å². The van der Waals surface area contributed by atoms with Gasteiger partial charge in [0.2, 0.25) is 5.91 Å². The highest BCUT2D eigenvalue weighted by Gasteiger charge is 2.34. The Kier molecular flexibility index (Phi) is 3.48. The number of carbonyl (C=O) groups is 2. The lowest BCUT2D eigenvalue weighted by Gasteiger charge is -2.18. The molecule has 102 valence electrons. The summed E-state index contributed by atoms with van der Waals surface area (Å²) in [6.45, 7) is -0.337. The van der Waals surface area contributed by atoms with E-state index in [4.69, 9.17) is 0 Å². The topological polar surface area (TPSA) is 60.9 Å². The summed E-state index contributed by atoms with van der Waals surface area (Å²) in [4.78, 5) is 25.2. The number of imide groups is 1. The lowest BCUT2D eigenvalue weighted by atomic mass is 10.1. The van der Waals surface area contributed by atoms with Gasteiger partial charge in [-0.25, -0.2) is 13.6 Å². The van der Waals surface area contributed by atoms with Gasteiger partial charge in [-0.2, -0.15) is 0 Å². The number of benzene rings is 1. The average molecular weight is 270 g/mol. The molecule has 1 aromatic carbocycles. The highest BCUT2D eigenvalue weighted by Crippen LogP contribution is 2.19. The highest BCUT2D eigenvalue weighted by molar-refractivity contribution is 6.01. The van der Waals surface area contributed by atoms with Gasteiger partial charge in [0.1, 0.15) is 6.54 Å². The minimum atomic E-state index is -1.26. The van der Waals surface area contributed by atoms with Crippen LogP contribution in [0.4, 0.5) is 13.6 Å². The quantitative estimate of drug-likeness (QED) is 0.830. The van der Waals surface area contributed by atoms with Crippen LogP contribution in [-0.2, 0) is 4.79 Å². The molecular weight excluding hydrogens is 258 g/mol. The van der Waals surface area contributed by atoms with E-state index in [-0.39, 0.29) is 18.7 Å². The number of rotatable bonds is 3. The van der Waals surface area contributed by atoms with Gasteiger partial charge in [0.25, 0.3) is 0 Å². The number of aliphatic hydroxyl groups is 1. The van der Waals surface area contributed by atoms with E-state index in [1.165, 1.54) is 18.0 Å². The van der Waals surface area contributed by atoms with E-state index in [2.05, 4.69) is 0 Å². The first-order chi connectivity index (χ1) is 8.90. The maximum absolute atomic E-state index is 13.0. The number of amides is 3. The highest BCUT2D eigenvalue weighted by atomic mass is 19.2. The maximum atomic E-state index is 13.0. The van der Waals surface area contributed by atoms with Crippen LogP contribution >= 0.6 is 0 Å². The second kappa shape index (κ2) is 4.93. The monoisotopic (exact) mass is 270 g/mol. The van der Waals surface area contributed by atoms with Gasteiger partial charge in [-0.1, -0.05) is 6.07 Å². The first-order valence-corrected chi connectivity index (χ1v) is 5.58. The number of halogens is 2. The van der Waals surface area contributed by atoms with Gasteiger partial charge < -0.3 is 10.0 Å². The SMILES string of the molecule is CN1CC(=O)N(CC(O)c2ccc(F)c(F)c2)C1=O. The van der Waals surface area contributed by atoms with Crippen LogP contribution in [0.25, 0.3) is 0 Å². The van der Waals surface area contributed by atoms with Crippen LogP contribution in [0.2, 0.25) is 0 Å². The molecule has 0 aliphatic carbocycles. The van der Waals surface area contributed by atoms with Crippen molar-refractivity contribution >= 4 is 11.9 Å². The number of hydrogen-bond acceptors (Lipinski definition) is 3. The van der Waals surface area contributed by atoms with Gasteiger partial charge in [0, 0.05) is 7.05 Å². The number of carbonyl (C=O) groups excluding carboxylic acids is 2. The van der Waals surface area contributed by atoms with Crippen molar-refractivity contribution < 1.29 is 23.5 Å². The van der Waals surface area contributed by atoms with Crippen molar-refractivity contribution in [1.29, 1.82) is 0 Å². The Morgan fingerprint density at radius 3 is 2.53 bits per heavy atom. The molecule has 5 nitrogen and oxygen atoms in total. The van der Waals surface area contributed by atoms with Gasteiger partial charge in [0.15, 0.2) is 11.6 Å². The van der Waals surface area contributed by atoms with Gasteiger partial charge in [0.05, 0.1) is 12.6 Å². The standard InChI is InChI=1S/C12H12F2N2O3/c1-15-6-11(18)16(12(15)19)5-10(17)7-2-3-8(13)9(14)4-7/h2-4,10,17H,5-6H2,1H3. The number of nitrogens with zero attached hydrogens (tertiary/aromatic N) is 2. The van der Waals surface area contributed by atoms with E-state index in [1.54, 1.807) is 0 Å². The zero-order valence-corrected chi connectivity index (χ0v) is 10.1. The number of urea groups is 1. The van der Waals surface area contributed by atoms with Crippen molar-refractivity contribution in [2.45, 2.75) is 6.10 Å². The molecule has 1 unspecified atom stereocenters. The molecule has 0 spiro atoms. The van der Waals surface area contributed by atoms with Gasteiger partial charge in [-0.05, 0) is 17.7 Å². The fourth-order valence-electron chi connectivity index (χ4n) is 1.85. The molecule has 1 fully saturated rings. The van der Waals surface area contributed by atoms with Crippen LogP contribution < -0.4 is 0 Å². The summed E-state index contributed by atoms with van der Waals surface area (Å²) in [5.74, 6) is -2.55. The first-order valence-electron chi connectivity index (χ1n) is 5.58. The fourth-order valence-corrected chi connectivity index (χ4v) is 1.85. The second-order valence-electron chi connectivity index (χ2n) is 4.33. The molecule has 1 aliphatic rings. The lowest BCUT2D eigenvalue weighted by molar-refractivity contribution is -0.126. The van der Waals surface area contributed by atoms with Crippen LogP contribution in [0.5, 0.6) is 0 Å². The average Bonchev–Trinajstić information content (AvgIpc) is 2.59. The Hall–Kier alpha value is -2.02. The summed E-state index contributed by atoms with van der Waals surface area (Å²) in [5.41, 5.74) is 0.106. The number of likely N-dealkylation sites (N-methyl/N-ethyl adjacent to an activating group) is 1. The number of hydrogen-bond donors (Lipinski definition) is 1. The van der Waals surface area contributed by atoms with Crippen LogP contribution in [0.3, 0.4) is 0 Å². The Morgan fingerprint density at radius 1 is 1.32 bits per heavy atom.